The number of halogens is 1. The number of aliphatic hydroxyl groups is 1. The fourth-order valence-corrected chi connectivity index (χ4v) is 4.09. The van der Waals surface area contributed by atoms with Crippen molar-refractivity contribution in [2.45, 2.75) is 46.3 Å². The number of aliphatic hydroxyl groups excluding tert-OH is 1. The van der Waals surface area contributed by atoms with Crippen LogP contribution in [0.25, 0.3) is 5.69 Å². The van der Waals surface area contributed by atoms with Crippen molar-refractivity contribution >= 4 is 0 Å². The van der Waals surface area contributed by atoms with Gasteiger partial charge in [-0.1, -0.05) is 38.1 Å². The average Bonchev–Trinajstić information content (AvgIpc) is 3.58. The number of nitrogens with zero attached hydrogens (tertiary/aromatic N) is 3. The molecule has 1 fully saturated rings. The molecule has 1 saturated carbocycles. The number of para-hydroxylation sites is 1. The average molecular weight is 482 g/mol. The quantitative estimate of drug-likeness (QED) is 0.356. The van der Waals surface area contributed by atoms with Crippen LogP contribution in [0.5, 0.6) is 11.6 Å². The summed E-state index contributed by atoms with van der Waals surface area (Å²) in [5.74, 6) is 1.70. The molecule has 35 heavy (non-hydrogen) atoms. The molecule has 4 rings (SSSR count). The number of hydrogen-bond acceptors (Lipinski definition) is 5. The monoisotopic (exact) mass is 481 g/mol. The van der Waals surface area contributed by atoms with Crippen LogP contribution in [0.4, 0.5) is 4.39 Å². The third-order valence-corrected chi connectivity index (χ3v) is 5.97. The van der Waals surface area contributed by atoms with Gasteiger partial charge in [0, 0.05) is 32.3 Å². The molecule has 6 nitrogen and oxygen atoms in total. The molecule has 1 aliphatic rings. The van der Waals surface area contributed by atoms with Crippen LogP contribution < -0.4 is 4.74 Å². The molecule has 1 atom stereocenters. The van der Waals surface area contributed by atoms with E-state index in [-0.39, 0.29) is 5.82 Å². The van der Waals surface area contributed by atoms with Gasteiger partial charge < -0.3 is 14.6 Å². The molecule has 0 unspecified atom stereocenters. The van der Waals surface area contributed by atoms with Gasteiger partial charge in [0.25, 0.3) is 0 Å². The summed E-state index contributed by atoms with van der Waals surface area (Å²) in [6.07, 6.45) is 1.85. The van der Waals surface area contributed by atoms with Gasteiger partial charge in [0.05, 0.1) is 29.7 Å². The minimum atomic E-state index is -0.579. The molecule has 2 aromatic carbocycles. The zero-order valence-corrected chi connectivity index (χ0v) is 20.9. The number of ether oxygens (including phenoxy) is 2. The van der Waals surface area contributed by atoms with Gasteiger partial charge in [-0.15, -0.1) is 0 Å². The zero-order chi connectivity index (χ0) is 24.8. The fraction of sp³-hybridized carbons (Fsp3) is 0.464. The number of aryl methyl sites for hydroxylation is 1. The first-order chi connectivity index (χ1) is 16.9. The van der Waals surface area contributed by atoms with Crippen molar-refractivity contribution in [3.63, 3.8) is 0 Å². The molecule has 0 saturated heterocycles. The topological polar surface area (TPSA) is 59.8 Å². The van der Waals surface area contributed by atoms with Crippen LogP contribution in [-0.2, 0) is 11.3 Å². The van der Waals surface area contributed by atoms with E-state index in [1.165, 1.54) is 25.0 Å². The second-order valence-corrected chi connectivity index (χ2v) is 9.90. The summed E-state index contributed by atoms with van der Waals surface area (Å²) < 4.78 is 27.6. The van der Waals surface area contributed by atoms with E-state index in [9.17, 15) is 9.50 Å². The van der Waals surface area contributed by atoms with E-state index in [4.69, 9.17) is 14.6 Å². The molecule has 1 N–H and O–H groups in total. The summed E-state index contributed by atoms with van der Waals surface area (Å²) in [7, 11) is 0. The van der Waals surface area contributed by atoms with Crippen LogP contribution in [0.2, 0.25) is 0 Å². The number of rotatable bonds is 13. The van der Waals surface area contributed by atoms with Crippen molar-refractivity contribution in [1.29, 1.82) is 0 Å². The SMILES string of the molecule is Cc1nn(-c2ccccc2)c(Oc2cccc(F)c2)c1CN(CC1CC1)C[C@H](O)COCC(C)C. The summed E-state index contributed by atoms with van der Waals surface area (Å²) in [5.41, 5.74) is 2.63. The third-order valence-electron chi connectivity index (χ3n) is 5.97. The lowest BCUT2D eigenvalue weighted by Crippen LogP contribution is -2.36. The predicted molar refractivity (Wildman–Crippen MR) is 134 cm³/mol. The van der Waals surface area contributed by atoms with Gasteiger partial charge in [0.15, 0.2) is 0 Å². The zero-order valence-electron chi connectivity index (χ0n) is 20.9. The standard InChI is InChI=1S/C28H36FN3O3/c1-20(2)18-34-19-25(33)16-31(15-22-12-13-22)17-27-21(3)30-32(24-9-5-4-6-10-24)28(27)35-26-11-7-8-23(29)14-26/h4-11,14,20,22,25,33H,12-13,15-19H2,1-3H3/t25-/m0/s1. The van der Waals surface area contributed by atoms with Gasteiger partial charge in [-0.05, 0) is 55.9 Å². The molecule has 1 aliphatic carbocycles. The largest absolute Gasteiger partial charge is 0.438 e. The van der Waals surface area contributed by atoms with E-state index in [1.54, 1.807) is 16.8 Å². The van der Waals surface area contributed by atoms with Gasteiger partial charge in [0.1, 0.15) is 11.6 Å². The van der Waals surface area contributed by atoms with E-state index in [0.717, 1.165) is 23.5 Å². The second kappa shape index (κ2) is 11.8. The van der Waals surface area contributed by atoms with E-state index in [0.29, 0.717) is 49.8 Å². The predicted octanol–water partition coefficient (Wildman–Crippen LogP) is 5.36. The molecule has 0 spiro atoms. The van der Waals surface area contributed by atoms with Crippen molar-refractivity contribution in [3.05, 3.63) is 71.7 Å². The number of hydrogen-bond donors (Lipinski definition) is 1. The first kappa shape index (κ1) is 25.4. The maximum absolute atomic E-state index is 13.9. The lowest BCUT2D eigenvalue weighted by atomic mass is 10.2. The Morgan fingerprint density at radius 3 is 2.57 bits per heavy atom. The summed E-state index contributed by atoms with van der Waals surface area (Å²) in [5, 5.41) is 15.5. The Morgan fingerprint density at radius 1 is 1.11 bits per heavy atom. The number of benzene rings is 2. The van der Waals surface area contributed by atoms with E-state index in [2.05, 4.69) is 18.7 Å². The highest BCUT2D eigenvalue weighted by atomic mass is 19.1. The maximum atomic E-state index is 13.9. The molecular weight excluding hydrogens is 445 g/mol. The Balaban J connectivity index is 1.60. The van der Waals surface area contributed by atoms with Gasteiger partial charge in [0.2, 0.25) is 5.88 Å². The Labute approximate surface area is 207 Å². The Bertz CT molecular complexity index is 1080. The first-order valence-corrected chi connectivity index (χ1v) is 12.4. The minimum Gasteiger partial charge on any atom is -0.438 e. The Hall–Kier alpha value is -2.74. The van der Waals surface area contributed by atoms with Crippen molar-refractivity contribution in [3.8, 4) is 17.3 Å². The van der Waals surface area contributed by atoms with Gasteiger partial charge in [-0.25, -0.2) is 9.07 Å². The third kappa shape index (κ3) is 7.37. The molecule has 7 heteroatoms. The first-order valence-electron chi connectivity index (χ1n) is 12.4. The molecule has 0 aliphatic heterocycles. The molecule has 1 heterocycles. The maximum Gasteiger partial charge on any atom is 0.227 e. The van der Waals surface area contributed by atoms with Gasteiger partial charge >= 0.3 is 0 Å². The highest BCUT2D eigenvalue weighted by molar-refractivity contribution is 5.43. The highest BCUT2D eigenvalue weighted by Gasteiger charge is 2.28. The molecule has 188 valence electrons. The number of aromatic nitrogens is 2. The molecular formula is C28H36FN3O3. The van der Waals surface area contributed by atoms with Crippen molar-refractivity contribution in [2.24, 2.45) is 11.8 Å². The minimum absolute atomic E-state index is 0.314. The van der Waals surface area contributed by atoms with Crippen LogP contribution in [0, 0.1) is 24.6 Å². The second-order valence-electron chi connectivity index (χ2n) is 9.90. The van der Waals surface area contributed by atoms with Crippen molar-refractivity contribution in [1.82, 2.24) is 14.7 Å². The van der Waals surface area contributed by atoms with Crippen LogP contribution in [0.3, 0.4) is 0 Å². The van der Waals surface area contributed by atoms with Gasteiger partial charge in [-0.2, -0.15) is 5.10 Å². The van der Waals surface area contributed by atoms with E-state index >= 15 is 0 Å². The van der Waals surface area contributed by atoms with E-state index in [1.807, 2.05) is 37.3 Å². The summed E-state index contributed by atoms with van der Waals surface area (Å²) in [6, 6.07) is 15.9. The van der Waals surface area contributed by atoms with Crippen LogP contribution in [0.1, 0.15) is 37.9 Å². The summed E-state index contributed by atoms with van der Waals surface area (Å²) in [6.45, 7) is 9.08. The molecule has 0 radical (unpaired) electrons. The lowest BCUT2D eigenvalue weighted by Gasteiger charge is -2.25. The molecule has 3 aromatic rings. The Morgan fingerprint density at radius 2 is 1.89 bits per heavy atom. The van der Waals surface area contributed by atoms with Crippen LogP contribution in [-0.4, -0.2) is 52.2 Å². The molecule has 0 bridgehead atoms. The normalized spacial score (nSPS) is 14.6. The van der Waals surface area contributed by atoms with Crippen molar-refractivity contribution < 1.29 is 19.0 Å². The smallest absolute Gasteiger partial charge is 0.227 e. The highest BCUT2D eigenvalue weighted by Crippen LogP contribution is 2.34. The summed E-state index contributed by atoms with van der Waals surface area (Å²) >= 11 is 0. The fourth-order valence-electron chi connectivity index (χ4n) is 4.09. The Kier molecular flexibility index (Phi) is 8.55. The van der Waals surface area contributed by atoms with Crippen LogP contribution in [0.15, 0.2) is 54.6 Å². The van der Waals surface area contributed by atoms with Crippen LogP contribution >= 0.6 is 0 Å². The molecule has 1 aromatic heterocycles. The van der Waals surface area contributed by atoms with Gasteiger partial charge in [-0.3, -0.25) is 4.90 Å². The summed E-state index contributed by atoms with van der Waals surface area (Å²) in [4.78, 5) is 2.26. The van der Waals surface area contributed by atoms with E-state index < -0.39 is 6.10 Å². The van der Waals surface area contributed by atoms with Crippen molar-refractivity contribution in [2.75, 3.05) is 26.3 Å². The lowest BCUT2D eigenvalue weighted by molar-refractivity contribution is 0.00609. The molecule has 0 amide bonds.